The van der Waals surface area contributed by atoms with Crippen molar-refractivity contribution in [3.8, 4) is 0 Å². The molecule has 1 atom stereocenters. The van der Waals surface area contributed by atoms with E-state index in [0.29, 0.717) is 32.6 Å². The number of sulfone groups is 1. The molecule has 0 unspecified atom stereocenters. The molecule has 6 nitrogen and oxygen atoms in total. The zero-order valence-electron chi connectivity index (χ0n) is 17.1. The van der Waals surface area contributed by atoms with E-state index in [1.807, 2.05) is 0 Å². The minimum atomic E-state index is -3.11. The van der Waals surface area contributed by atoms with Gasteiger partial charge in [-0.25, -0.2) is 8.42 Å². The maximum atomic E-state index is 13.1. The van der Waals surface area contributed by atoms with Crippen LogP contribution in [0.4, 0.5) is 5.00 Å². The van der Waals surface area contributed by atoms with E-state index < -0.39 is 15.9 Å². The van der Waals surface area contributed by atoms with Gasteiger partial charge in [0.1, 0.15) is 5.00 Å². The summed E-state index contributed by atoms with van der Waals surface area (Å²) in [7, 11) is -3.11. The highest BCUT2D eigenvalue weighted by atomic mass is 35.5. The molecule has 0 radical (unpaired) electrons. The highest BCUT2D eigenvalue weighted by Crippen LogP contribution is 2.38. The minimum absolute atomic E-state index is 0.0443. The maximum absolute atomic E-state index is 13.1. The second kappa shape index (κ2) is 9.55. The van der Waals surface area contributed by atoms with E-state index in [0.717, 1.165) is 36.1 Å². The van der Waals surface area contributed by atoms with Crippen molar-refractivity contribution in [2.24, 2.45) is 0 Å². The van der Waals surface area contributed by atoms with E-state index in [1.54, 1.807) is 24.3 Å². The van der Waals surface area contributed by atoms with Crippen LogP contribution in [0, 0.1) is 0 Å². The van der Waals surface area contributed by atoms with Crippen LogP contribution in [-0.2, 0) is 27.5 Å². The molecule has 170 valence electrons. The van der Waals surface area contributed by atoms with Gasteiger partial charge in [0.05, 0.1) is 17.1 Å². The molecule has 0 spiro atoms. The molecule has 2 aromatic rings. The van der Waals surface area contributed by atoms with Gasteiger partial charge in [0.25, 0.3) is 5.91 Å². The number of carbonyl (C=O) groups excluding carboxylic acids is 2. The number of amides is 2. The molecule has 10 heteroatoms. The third-order valence-corrected chi connectivity index (χ3v) is 9.12. The zero-order chi connectivity index (χ0) is 22.9. The van der Waals surface area contributed by atoms with Crippen LogP contribution in [0.25, 0.3) is 6.08 Å². The Bertz CT molecular complexity index is 1200. The summed E-state index contributed by atoms with van der Waals surface area (Å²) in [5, 5.41) is 7.12. The Morgan fingerprint density at radius 1 is 1.16 bits per heavy atom. The number of hydrogen-bond acceptors (Lipinski definition) is 5. The van der Waals surface area contributed by atoms with E-state index in [4.69, 9.17) is 23.2 Å². The van der Waals surface area contributed by atoms with Crippen molar-refractivity contribution in [2.75, 3.05) is 16.8 Å². The van der Waals surface area contributed by atoms with Gasteiger partial charge in [0, 0.05) is 27.0 Å². The molecule has 1 aliphatic heterocycles. The summed E-state index contributed by atoms with van der Waals surface area (Å²) in [6, 6.07) is 4.60. The average Bonchev–Trinajstić information content (AvgIpc) is 3.25. The lowest BCUT2D eigenvalue weighted by Crippen LogP contribution is -2.36. The van der Waals surface area contributed by atoms with Gasteiger partial charge in [-0.05, 0) is 61.4 Å². The molecule has 1 fully saturated rings. The number of hydrogen-bond donors (Lipinski definition) is 2. The van der Waals surface area contributed by atoms with E-state index in [9.17, 15) is 18.0 Å². The molecule has 1 aliphatic carbocycles. The fraction of sp³-hybridized carbons (Fsp3) is 0.364. The zero-order valence-corrected chi connectivity index (χ0v) is 20.3. The number of halogens is 2. The lowest BCUT2D eigenvalue weighted by Gasteiger charge is -2.15. The lowest BCUT2D eigenvalue weighted by molar-refractivity contribution is -0.111. The number of thiophene rings is 1. The predicted molar refractivity (Wildman–Crippen MR) is 130 cm³/mol. The summed E-state index contributed by atoms with van der Waals surface area (Å²) >= 11 is 13.5. The van der Waals surface area contributed by atoms with Crippen LogP contribution in [0.3, 0.4) is 0 Å². The second-order valence-electron chi connectivity index (χ2n) is 7.98. The molecule has 2 N–H and O–H groups in total. The highest BCUT2D eigenvalue weighted by Gasteiger charge is 2.32. The Morgan fingerprint density at radius 3 is 2.66 bits per heavy atom. The summed E-state index contributed by atoms with van der Waals surface area (Å²) in [5.41, 5.74) is 2.07. The van der Waals surface area contributed by atoms with Gasteiger partial charge >= 0.3 is 0 Å². The first kappa shape index (κ1) is 23.3. The largest absolute Gasteiger partial charge is 0.348 e. The van der Waals surface area contributed by atoms with Crippen molar-refractivity contribution in [1.82, 2.24) is 5.32 Å². The molecule has 2 heterocycles. The predicted octanol–water partition coefficient (Wildman–Crippen LogP) is 4.50. The molecular formula is C22H22Cl2N2O4S2. The van der Waals surface area contributed by atoms with Gasteiger partial charge in [0.15, 0.2) is 9.84 Å². The molecule has 1 saturated heterocycles. The van der Waals surface area contributed by atoms with E-state index in [-0.39, 0.29) is 23.3 Å². The van der Waals surface area contributed by atoms with Crippen molar-refractivity contribution in [2.45, 2.75) is 38.1 Å². The summed E-state index contributed by atoms with van der Waals surface area (Å²) < 4.78 is 23.5. The molecule has 32 heavy (non-hydrogen) atoms. The molecule has 2 amide bonds. The number of nitrogens with one attached hydrogen (secondary N) is 2. The average molecular weight is 513 g/mol. The van der Waals surface area contributed by atoms with Crippen LogP contribution in [0.2, 0.25) is 10.0 Å². The fourth-order valence-electron chi connectivity index (χ4n) is 4.02. The molecule has 1 aromatic carbocycles. The van der Waals surface area contributed by atoms with E-state index >= 15 is 0 Å². The SMILES string of the molecule is O=C(/C=C/c1ccc(Cl)cc1Cl)Nc1sc2c(c1C(=O)N[C@@H]1CCS(=O)(=O)C1)CCCC2. The quantitative estimate of drug-likeness (QED) is 0.576. The van der Waals surface area contributed by atoms with Crippen LogP contribution in [0.5, 0.6) is 0 Å². The van der Waals surface area contributed by atoms with Crippen LogP contribution in [0.15, 0.2) is 24.3 Å². The number of aryl methyl sites for hydroxylation is 1. The lowest BCUT2D eigenvalue weighted by atomic mass is 9.95. The molecular weight excluding hydrogens is 491 g/mol. The van der Waals surface area contributed by atoms with Crippen LogP contribution < -0.4 is 10.6 Å². The van der Waals surface area contributed by atoms with Gasteiger partial charge in [-0.15, -0.1) is 11.3 Å². The maximum Gasteiger partial charge on any atom is 0.254 e. The first-order valence-corrected chi connectivity index (χ1v) is 13.7. The fourth-order valence-corrected chi connectivity index (χ4v) is 7.45. The minimum Gasteiger partial charge on any atom is -0.348 e. The summed E-state index contributed by atoms with van der Waals surface area (Å²) in [4.78, 5) is 26.8. The molecule has 0 bridgehead atoms. The second-order valence-corrected chi connectivity index (χ2v) is 12.2. The van der Waals surface area contributed by atoms with Gasteiger partial charge in [-0.2, -0.15) is 0 Å². The van der Waals surface area contributed by atoms with Crippen molar-refractivity contribution in [1.29, 1.82) is 0 Å². The standard InChI is InChI=1S/C22H22Cl2N2O4S2/c23-14-7-5-13(17(24)11-14)6-8-19(27)26-22-20(16-3-1-2-4-18(16)31-22)21(28)25-15-9-10-32(29,30)12-15/h5-8,11,15H,1-4,9-10,12H2,(H,25,28)(H,26,27)/b8-6+/t15-/m1/s1. The van der Waals surface area contributed by atoms with E-state index in [1.165, 1.54) is 17.4 Å². The van der Waals surface area contributed by atoms with Crippen molar-refractivity contribution < 1.29 is 18.0 Å². The third-order valence-electron chi connectivity index (χ3n) is 5.58. The van der Waals surface area contributed by atoms with Crippen LogP contribution >= 0.6 is 34.5 Å². The Balaban J connectivity index is 1.54. The Kier molecular flexibility index (Phi) is 6.95. The third kappa shape index (κ3) is 5.36. The normalized spacial score (nSPS) is 19.6. The number of benzene rings is 1. The highest BCUT2D eigenvalue weighted by molar-refractivity contribution is 7.91. The number of fused-ring (bicyclic) bond motifs is 1. The van der Waals surface area contributed by atoms with Gasteiger partial charge in [0.2, 0.25) is 5.91 Å². The Labute approximate surface area is 200 Å². The molecule has 2 aliphatic rings. The first-order valence-electron chi connectivity index (χ1n) is 10.3. The van der Waals surface area contributed by atoms with E-state index in [2.05, 4.69) is 10.6 Å². The molecule has 1 aromatic heterocycles. The Morgan fingerprint density at radius 2 is 1.94 bits per heavy atom. The summed E-state index contributed by atoms with van der Waals surface area (Å²) in [6.07, 6.45) is 7.01. The first-order chi connectivity index (χ1) is 15.2. The van der Waals surface area contributed by atoms with Gasteiger partial charge in [-0.3, -0.25) is 9.59 Å². The van der Waals surface area contributed by atoms with Crippen molar-refractivity contribution in [3.63, 3.8) is 0 Å². The van der Waals surface area contributed by atoms with Crippen molar-refractivity contribution in [3.05, 3.63) is 55.9 Å². The Hall–Kier alpha value is -1.87. The van der Waals surface area contributed by atoms with Crippen LogP contribution in [0.1, 0.15) is 45.6 Å². The summed E-state index contributed by atoms with van der Waals surface area (Å²) in [6.45, 7) is 0. The van der Waals surface area contributed by atoms with Gasteiger partial charge in [-0.1, -0.05) is 29.3 Å². The smallest absolute Gasteiger partial charge is 0.254 e. The molecule has 0 saturated carbocycles. The monoisotopic (exact) mass is 512 g/mol. The topological polar surface area (TPSA) is 92.3 Å². The number of carbonyl (C=O) groups is 2. The number of anilines is 1. The summed E-state index contributed by atoms with van der Waals surface area (Å²) in [5.74, 6) is -0.669. The molecule has 4 rings (SSSR count). The number of rotatable bonds is 5. The van der Waals surface area contributed by atoms with Gasteiger partial charge < -0.3 is 10.6 Å². The van der Waals surface area contributed by atoms with Crippen molar-refractivity contribution >= 4 is 67.3 Å². The van der Waals surface area contributed by atoms with Crippen LogP contribution in [-0.4, -0.2) is 37.8 Å².